The van der Waals surface area contributed by atoms with Gasteiger partial charge in [0.25, 0.3) is 5.56 Å². The molecule has 0 atom stereocenters. The number of rotatable bonds is 0. The SMILES string of the molecule is Cn1c(=O)c2c(cc(C#C[Si](C)(C)C)n2C)n(C)c1=O. The monoisotopic (exact) mass is 289 g/mol. The van der Waals surface area contributed by atoms with Gasteiger partial charge in [-0.15, -0.1) is 5.54 Å². The lowest BCUT2D eigenvalue weighted by Gasteiger charge is -2.05. The molecule has 2 aromatic rings. The van der Waals surface area contributed by atoms with Gasteiger partial charge in [-0.3, -0.25) is 13.9 Å². The summed E-state index contributed by atoms with van der Waals surface area (Å²) in [6.07, 6.45) is 0. The second-order valence-corrected chi connectivity index (χ2v) is 10.8. The van der Waals surface area contributed by atoms with Crippen molar-refractivity contribution in [2.75, 3.05) is 0 Å². The summed E-state index contributed by atoms with van der Waals surface area (Å²) in [5.74, 6) is 3.15. The Balaban J connectivity index is 2.87. The minimum absolute atomic E-state index is 0.286. The Morgan fingerprint density at radius 3 is 2.15 bits per heavy atom. The van der Waals surface area contributed by atoms with Crippen LogP contribution in [0.4, 0.5) is 0 Å². The van der Waals surface area contributed by atoms with Crippen molar-refractivity contribution >= 4 is 19.1 Å². The van der Waals surface area contributed by atoms with Gasteiger partial charge in [-0.25, -0.2) is 4.79 Å². The van der Waals surface area contributed by atoms with Crippen LogP contribution in [-0.2, 0) is 21.1 Å². The lowest BCUT2D eigenvalue weighted by Crippen LogP contribution is -2.37. The topological polar surface area (TPSA) is 48.9 Å². The minimum atomic E-state index is -1.49. The summed E-state index contributed by atoms with van der Waals surface area (Å²) in [5, 5.41) is 0. The molecule has 2 rings (SSSR count). The molecule has 0 aliphatic carbocycles. The average molecular weight is 289 g/mol. The van der Waals surface area contributed by atoms with Crippen molar-refractivity contribution in [1.29, 1.82) is 0 Å². The third-order valence-electron chi connectivity index (χ3n) is 3.22. The van der Waals surface area contributed by atoms with E-state index in [0.717, 1.165) is 10.3 Å². The second-order valence-electron chi connectivity index (χ2n) is 6.03. The van der Waals surface area contributed by atoms with Crippen LogP contribution in [0.5, 0.6) is 0 Å². The Bertz CT molecular complexity index is 867. The molecule has 0 saturated carbocycles. The van der Waals surface area contributed by atoms with Crippen molar-refractivity contribution in [2.45, 2.75) is 19.6 Å². The summed E-state index contributed by atoms with van der Waals surface area (Å²) in [6, 6.07) is 1.81. The lowest BCUT2D eigenvalue weighted by molar-refractivity contribution is 0.708. The van der Waals surface area contributed by atoms with E-state index < -0.39 is 8.07 Å². The van der Waals surface area contributed by atoms with E-state index in [0.29, 0.717) is 11.0 Å². The number of nitrogens with zero attached hydrogens (tertiary/aromatic N) is 3. The molecule has 2 heterocycles. The van der Waals surface area contributed by atoms with Crippen molar-refractivity contribution in [3.63, 3.8) is 0 Å². The highest BCUT2D eigenvalue weighted by molar-refractivity contribution is 6.83. The third kappa shape index (κ3) is 2.25. The van der Waals surface area contributed by atoms with Gasteiger partial charge in [-0.1, -0.05) is 25.6 Å². The van der Waals surface area contributed by atoms with Crippen LogP contribution in [0.1, 0.15) is 5.69 Å². The fourth-order valence-electron chi connectivity index (χ4n) is 2.04. The van der Waals surface area contributed by atoms with E-state index in [9.17, 15) is 9.59 Å². The molecular formula is C14H19N3O2Si. The molecular weight excluding hydrogens is 270 g/mol. The Hall–Kier alpha value is -2.00. The molecule has 0 aliphatic rings. The smallest absolute Gasteiger partial charge is 0.331 e. The van der Waals surface area contributed by atoms with Crippen LogP contribution in [0.2, 0.25) is 19.6 Å². The van der Waals surface area contributed by atoms with Crippen LogP contribution in [-0.4, -0.2) is 21.8 Å². The van der Waals surface area contributed by atoms with Crippen LogP contribution in [0.15, 0.2) is 15.7 Å². The van der Waals surface area contributed by atoms with E-state index in [1.807, 2.05) is 13.1 Å². The molecule has 5 nitrogen and oxygen atoms in total. The van der Waals surface area contributed by atoms with Crippen molar-refractivity contribution in [1.82, 2.24) is 13.7 Å². The quantitative estimate of drug-likeness (QED) is 0.532. The molecule has 0 spiro atoms. The fraction of sp³-hybridized carbons (Fsp3) is 0.429. The van der Waals surface area contributed by atoms with Gasteiger partial charge < -0.3 is 4.57 Å². The summed E-state index contributed by atoms with van der Waals surface area (Å²) in [5.41, 5.74) is 4.57. The molecule has 0 amide bonds. The van der Waals surface area contributed by atoms with Crippen LogP contribution >= 0.6 is 0 Å². The van der Waals surface area contributed by atoms with E-state index in [-0.39, 0.29) is 11.2 Å². The standard InChI is InChI=1S/C14H19N3O2Si/c1-15-10(7-8-20(4,5)6)9-11-12(15)13(18)17(3)14(19)16(11)2/h9H,1-6H3. The Kier molecular flexibility index (Phi) is 3.26. The zero-order chi connectivity index (χ0) is 15.2. The van der Waals surface area contributed by atoms with Gasteiger partial charge in [0.2, 0.25) is 0 Å². The molecule has 0 saturated heterocycles. The summed E-state index contributed by atoms with van der Waals surface area (Å²) < 4.78 is 4.37. The highest BCUT2D eigenvalue weighted by Gasteiger charge is 2.14. The highest BCUT2D eigenvalue weighted by atomic mass is 28.3. The lowest BCUT2D eigenvalue weighted by atomic mass is 10.4. The molecule has 0 aromatic carbocycles. The summed E-state index contributed by atoms with van der Waals surface area (Å²) in [6.45, 7) is 6.49. The number of aryl methyl sites for hydroxylation is 2. The summed E-state index contributed by atoms with van der Waals surface area (Å²) in [4.78, 5) is 24.2. The van der Waals surface area contributed by atoms with Crippen LogP contribution in [0, 0.1) is 11.5 Å². The molecule has 0 bridgehead atoms. The van der Waals surface area contributed by atoms with Gasteiger partial charge in [0.05, 0.1) is 11.2 Å². The maximum Gasteiger partial charge on any atom is 0.331 e. The number of hydrogen-bond acceptors (Lipinski definition) is 2. The van der Waals surface area contributed by atoms with E-state index in [4.69, 9.17) is 0 Å². The first-order valence-corrected chi connectivity index (χ1v) is 9.92. The number of hydrogen-bond donors (Lipinski definition) is 0. The molecule has 0 fully saturated rings. The second kappa shape index (κ2) is 4.53. The van der Waals surface area contributed by atoms with E-state index in [1.165, 1.54) is 11.6 Å². The van der Waals surface area contributed by atoms with Gasteiger partial charge in [0, 0.05) is 21.1 Å². The first-order valence-electron chi connectivity index (χ1n) is 6.42. The molecule has 0 N–H and O–H groups in total. The van der Waals surface area contributed by atoms with Gasteiger partial charge in [0.1, 0.15) is 13.6 Å². The van der Waals surface area contributed by atoms with Crippen LogP contribution < -0.4 is 11.2 Å². The first kappa shape index (κ1) is 14.4. The number of aromatic nitrogens is 3. The predicted octanol–water partition coefficient (Wildman–Crippen LogP) is 0.805. The van der Waals surface area contributed by atoms with Gasteiger partial charge in [-0.2, -0.15) is 0 Å². The maximum absolute atomic E-state index is 12.2. The molecule has 0 unspecified atom stereocenters. The van der Waals surface area contributed by atoms with Crippen molar-refractivity contribution in [2.24, 2.45) is 21.1 Å². The molecule has 2 aromatic heterocycles. The van der Waals surface area contributed by atoms with E-state index in [2.05, 4.69) is 31.1 Å². The molecule has 6 heteroatoms. The van der Waals surface area contributed by atoms with E-state index >= 15 is 0 Å². The zero-order valence-corrected chi connectivity index (χ0v) is 13.7. The van der Waals surface area contributed by atoms with Crippen molar-refractivity contribution < 1.29 is 0 Å². The average Bonchev–Trinajstić information content (AvgIpc) is 2.68. The largest absolute Gasteiger partial charge is 0.331 e. The summed E-state index contributed by atoms with van der Waals surface area (Å²) in [7, 11) is 3.48. The minimum Gasteiger partial charge on any atom is -0.331 e. The van der Waals surface area contributed by atoms with Crippen LogP contribution in [0.25, 0.3) is 11.0 Å². The third-order valence-corrected chi connectivity index (χ3v) is 4.10. The van der Waals surface area contributed by atoms with Crippen molar-refractivity contribution in [3.8, 4) is 11.5 Å². The van der Waals surface area contributed by atoms with E-state index in [1.54, 1.807) is 11.6 Å². The zero-order valence-electron chi connectivity index (χ0n) is 12.7. The van der Waals surface area contributed by atoms with Gasteiger partial charge in [-0.05, 0) is 6.07 Å². The molecule has 20 heavy (non-hydrogen) atoms. The van der Waals surface area contributed by atoms with Gasteiger partial charge >= 0.3 is 5.69 Å². The highest BCUT2D eigenvalue weighted by Crippen LogP contribution is 2.13. The normalized spacial score (nSPS) is 11.5. The molecule has 106 valence electrons. The summed E-state index contributed by atoms with van der Waals surface area (Å²) >= 11 is 0. The van der Waals surface area contributed by atoms with Crippen LogP contribution in [0.3, 0.4) is 0 Å². The van der Waals surface area contributed by atoms with Crippen molar-refractivity contribution in [3.05, 3.63) is 32.6 Å². The number of fused-ring (bicyclic) bond motifs is 1. The Morgan fingerprint density at radius 1 is 1.00 bits per heavy atom. The first-order chi connectivity index (χ1) is 9.13. The fourth-order valence-corrected chi connectivity index (χ4v) is 2.54. The van der Waals surface area contributed by atoms with Gasteiger partial charge in [0.15, 0.2) is 0 Å². The Morgan fingerprint density at radius 2 is 1.60 bits per heavy atom. The Labute approximate surface area is 118 Å². The maximum atomic E-state index is 12.2. The predicted molar refractivity (Wildman–Crippen MR) is 83.6 cm³/mol. The molecule has 0 radical (unpaired) electrons. The molecule has 0 aliphatic heterocycles.